The van der Waals surface area contributed by atoms with E-state index in [-0.39, 0.29) is 11.8 Å². The Morgan fingerprint density at radius 2 is 2.00 bits per heavy atom. The fourth-order valence-electron chi connectivity index (χ4n) is 2.37. The van der Waals surface area contributed by atoms with Crippen molar-refractivity contribution in [2.45, 2.75) is 31.7 Å². The second kappa shape index (κ2) is 6.89. The molecule has 0 heterocycles. The topological polar surface area (TPSA) is 66.4 Å². The second-order valence-electron chi connectivity index (χ2n) is 5.07. The molecule has 2 atom stereocenters. The van der Waals surface area contributed by atoms with Crippen molar-refractivity contribution in [1.82, 2.24) is 5.32 Å². The zero-order valence-corrected chi connectivity index (χ0v) is 11.3. The summed E-state index contributed by atoms with van der Waals surface area (Å²) in [7, 11) is 0. The second-order valence-corrected chi connectivity index (χ2v) is 5.07. The summed E-state index contributed by atoms with van der Waals surface area (Å²) >= 11 is 0. The zero-order chi connectivity index (χ0) is 14.4. The third-order valence-electron chi connectivity index (χ3n) is 3.54. The van der Waals surface area contributed by atoms with Gasteiger partial charge in [-0.3, -0.25) is 4.79 Å². The lowest BCUT2D eigenvalue weighted by molar-refractivity contribution is -0.142. The van der Waals surface area contributed by atoms with Crippen LogP contribution in [0.25, 0.3) is 0 Å². The maximum Gasteiger partial charge on any atom is 0.326 e. The van der Waals surface area contributed by atoms with E-state index in [9.17, 15) is 14.7 Å². The van der Waals surface area contributed by atoms with Gasteiger partial charge in [0.15, 0.2) is 0 Å². The van der Waals surface area contributed by atoms with Crippen LogP contribution >= 0.6 is 0 Å². The van der Waals surface area contributed by atoms with Gasteiger partial charge in [-0.1, -0.05) is 42.5 Å². The Labute approximate surface area is 118 Å². The Morgan fingerprint density at radius 3 is 2.60 bits per heavy atom. The summed E-state index contributed by atoms with van der Waals surface area (Å²) < 4.78 is 0. The van der Waals surface area contributed by atoms with Gasteiger partial charge in [0.05, 0.1) is 0 Å². The molecule has 0 spiro atoms. The average Bonchev–Trinajstić information content (AvgIpc) is 2.48. The number of carbonyl (C=O) groups excluding carboxylic acids is 1. The van der Waals surface area contributed by atoms with Crippen molar-refractivity contribution in [3.63, 3.8) is 0 Å². The molecule has 1 aliphatic rings. The summed E-state index contributed by atoms with van der Waals surface area (Å²) in [5.41, 5.74) is 0.906. The molecule has 2 rings (SSSR count). The molecule has 0 fully saturated rings. The molecule has 0 radical (unpaired) electrons. The van der Waals surface area contributed by atoms with E-state index in [0.717, 1.165) is 18.4 Å². The van der Waals surface area contributed by atoms with Gasteiger partial charge in [-0.05, 0) is 24.8 Å². The number of nitrogens with one attached hydrogen (secondary N) is 1. The Hall–Kier alpha value is -2.10. The first kappa shape index (κ1) is 14.3. The molecule has 0 saturated carbocycles. The highest BCUT2D eigenvalue weighted by Gasteiger charge is 2.25. The summed E-state index contributed by atoms with van der Waals surface area (Å²) in [6, 6.07) is 8.48. The maximum atomic E-state index is 12.1. The van der Waals surface area contributed by atoms with Crippen molar-refractivity contribution in [3.8, 4) is 0 Å². The minimum absolute atomic E-state index is 0.0994. The first-order valence-electron chi connectivity index (χ1n) is 6.89. The largest absolute Gasteiger partial charge is 0.480 e. The van der Waals surface area contributed by atoms with Crippen LogP contribution in [-0.2, 0) is 16.0 Å². The molecule has 1 amide bonds. The summed E-state index contributed by atoms with van der Waals surface area (Å²) in [5, 5.41) is 11.9. The van der Waals surface area contributed by atoms with Crippen LogP contribution in [0.4, 0.5) is 0 Å². The van der Waals surface area contributed by atoms with E-state index in [0.29, 0.717) is 12.8 Å². The van der Waals surface area contributed by atoms with Gasteiger partial charge in [0.1, 0.15) is 6.04 Å². The Balaban J connectivity index is 1.97. The Morgan fingerprint density at radius 1 is 1.25 bits per heavy atom. The van der Waals surface area contributed by atoms with Gasteiger partial charge in [-0.2, -0.15) is 0 Å². The van der Waals surface area contributed by atoms with Crippen LogP contribution in [-0.4, -0.2) is 23.0 Å². The Kier molecular flexibility index (Phi) is 4.93. The quantitative estimate of drug-likeness (QED) is 0.808. The van der Waals surface area contributed by atoms with Crippen LogP contribution in [0.2, 0.25) is 0 Å². The molecule has 0 saturated heterocycles. The van der Waals surface area contributed by atoms with E-state index in [4.69, 9.17) is 0 Å². The maximum absolute atomic E-state index is 12.1. The van der Waals surface area contributed by atoms with Crippen LogP contribution in [0, 0.1) is 5.92 Å². The molecule has 1 aliphatic carbocycles. The summed E-state index contributed by atoms with van der Waals surface area (Å²) in [5.74, 6) is -1.25. The summed E-state index contributed by atoms with van der Waals surface area (Å²) in [6.07, 6.45) is 6.73. The lowest BCUT2D eigenvalue weighted by atomic mass is 9.93. The highest BCUT2D eigenvalue weighted by atomic mass is 16.4. The van der Waals surface area contributed by atoms with E-state index < -0.39 is 12.0 Å². The molecule has 1 aromatic carbocycles. The number of aliphatic carboxylic acids is 1. The number of carbonyl (C=O) groups is 2. The van der Waals surface area contributed by atoms with Crippen molar-refractivity contribution in [1.29, 1.82) is 0 Å². The Bertz CT molecular complexity index is 496. The number of carboxylic acids is 1. The number of rotatable bonds is 5. The smallest absolute Gasteiger partial charge is 0.326 e. The van der Waals surface area contributed by atoms with E-state index in [1.807, 2.05) is 36.4 Å². The van der Waals surface area contributed by atoms with E-state index in [1.54, 1.807) is 0 Å². The van der Waals surface area contributed by atoms with Gasteiger partial charge in [0.2, 0.25) is 5.91 Å². The minimum atomic E-state index is -0.992. The van der Waals surface area contributed by atoms with Crippen LogP contribution in [0.3, 0.4) is 0 Å². The molecule has 1 unspecified atom stereocenters. The third kappa shape index (κ3) is 3.95. The molecule has 1 aromatic rings. The molecule has 2 N–H and O–H groups in total. The van der Waals surface area contributed by atoms with E-state index in [1.165, 1.54) is 0 Å². The fraction of sp³-hybridized carbons (Fsp3) is 0.375. The van der Waals surface area contributed by atoms with Crippen molar-refractivity contribution in [2.24, 2.45) is 5.92 Å². The lowest BCUT2D eigenvalue weighted by Gasteiger charge is -2.21. The van der Waals surface area contributed by atoms with Crippen molar-refractivity contribution in [3.05, 3.63) is 48.0 Å². The molecular formula is C16H19NO3. The number of allylic oxidation sites excluding steroid dienone is 2. The van der Waals surface area contributed by atoms with Gasteiger partial charge < -0.3 is 10.4 Å². The monoisotopic (exact) mass is 273 g/mol. The summed E-state index contributed by atoms with van der Waals surface area (Å²) in [6.45, 7) is 0. The van der Waals surface area contributed by atoms with Crippen molar-refractivity contribution >= 4 is 11.9 Å². The van der Waals surface area contributed by atoms with Crippen LogP contribution in [0.5, 0.6) is 0 Å². The van der Waals surface area contributed by atoms with Crippen molar-refractivity contribution < 1.29 is 14.7 Å². The first-order valence-corrected chi connectivity index (χ1v) is 6.89. The van der Waals surface area contributed by atoms with Gasteiger partial charge >= 0.3 is 5.97 Å². The number of amides is 1. The number of carboxylic acid groups (broad SMARTS) is 1. The van der Waals surface area contributed by atoms with Crippen LogP contribution < -0.4 is 5.32 Å². The van der Waals surface area contributed by atoms with Gasteiger partial charge in [0.25, 0.3) is 0 Å². The van der Waals surface area contributed by atoms with E-state index >= 15 is 0 Å². The molecule has 20 heavy (non-hydrogen) atoms. The SMILES string of the molecule is O=C(N[C@H](Cc1ccccc1)C(=O)O)C1CC=CCC1. The molecule has 0 bridgehead atoms. The van der Waals surface area contributed by atoms with Crippen molar-refractivity contribution in [2.75, 3.05) is 0 Å². The highest BCUT2D eigenvalue weighted by Crippen LogP contribution is 2.18. The third-order valence-corrected chi connectivity index (χ3v) is 3.54. The number of hydrogen-bond acceptors (Lipinski definition) is 2. The van der Waals surface area contributed by atoms with Gasteiger partial charge in [-0.15, -0.1) is 0 Å². The van der Waals surface area contributed by atoms with E-state index in [2.05, 4.69) is 11.4 Å². The lowest BCUT2D eigenvalue weighted by Crippen LogP contribution is -2.45. The molecule has 4 nitrogen and oxygen atoms in total. The predicted molar refractivity (Wildman–Crippen MR) is 76.2 cm³/mol. The summed E-state index contributed by atoms with van der Waals surface area (Å²) in [4.78, 5) is 23.4. The van der Waals surface area contributed by atoms with Crippen LogP contribution in [0.15, 0.2) is 42.5 Å². The van der Waals surface area contributed by atoms with Gasteiger partial charge in [0, 0.05) is 12.3 Å². The molecular weight excluding hydrogens is 254 g/mol. The number of hydrogen-bond donors (Lipinski definition) is 2. The minimum Gasteiger partial charge on any atom is -0.480 e. The van der Waals surface area contributed by atoms with Crippen LogP contribution in [0.1, 0.15) is 24.8 Å². The van der Waals surface area contributed by atoms with Gasteiger partial charge in [-0.25, -0.2) is 4.79 Å². The molecule has 4 heteroatoms. The average molecular weight is 273 g/mol. The molecule has 106 valence electrons. The molecule has 0 aromatic heterocycles. The first-order chi connectivity index (χ1) is 9.66. The molecule has 0 aliphatic heterocycles. The fourth-order valence-corrected chi connectivity index (χ4v) is 2.37. The zero-order valence-electron chi connectivity index (χ0n) is 11.3. The number of benzene rings is 1. The normalized spacial score (nSPS) is 19.3. The predicted octanol–water partition coefficient (Wildman–Crippen LogP) is 2.15. The highest BCUT2D eigenvalue weighted by molar-refractivity contribution is 5.85. The standard InChI is InChI=1S/C16H19NO3/c18-15(13-9-5-2-6-10-13)17-14(16(19)20)11-12-7-3-1-4-8-12/h1-5,7-8,13-14H,6,9-11H2,(H,17,18)(H,19,20)/t13?,14-/m1/s1.